The van der Waals surface area contributed by atoms with Crippen LogP contribution in [0.1, 0.15) is 33.6 Å². The third-order valence-corrected chi connectivity index (χ3v) is 3.97. The van der Waals surface area contributed by atoms with E-state index in [4.69, 9.17) is 4.74 Å². The second kappa shape index (κ2) is 6.39. The number of hydrogen-bond acceptors (Lipinski definition) is 3. The van der Waals surface area contributed by atoms with Gasteiger partial charge in [0.2, 0.25) is 11.8 Å². The molecule has 1 saturated heterocycles. The van der Waals surface area contributed by atoms with E-state index in [1.165, 1.54) is 11.0 Å². The molecule has 1 unspecified atom stereocenters. The van der Waals surface area contributed by atoms with Crippen molar-refractivity contribution in [1.82, 2.24) is 10.2 Å². The molecule has 1 heterocycles. The van der Waals surface area contributed by atoms with Crippen LogP contribution in [0.5, 0.6) is 0 Å². The topological polar surface area (TPSA) is 58.6 Å². The number of hydrogen-bond donors (Lipinski definition) is 1. The van der Waals surface area contributed by atoms with Gasteiger partial charge in [-0.1, -0.05) is 27.4 Å². The Morgan fingerprint density at radius 2 is 2.10 bits per heavy atom. The standard InChI is InChI=1S/C15H26N2O3/c1-6-13(19)17(5)10-12(18)16-11-15(14(2,3)4)8-7-9-20-15/h6H,1,7-11H2,2-5H3,(H,16,18). The Kier molecular flexibility index (Phi) is 5.34. The lowest BCUT2D eigenvalue weighted by Gasteiger charge is -2.41. The molecule has 1 aliphatic heterocycles. The summed E-state index contributed by atoms with van der Waals surface area (Å²) in [6.45, 7) is 11.0. The molecule has 1 fully saturated rings. The maximum absolute atomic E-state index is 11.9. The van der Waals surface area contributed by atoms with Crippen LogP contribution in [0.15, 0.2) is 12.7 Å². The van der Waals surface area contributed by atoms with E-state index in [9.17, 15) is 9.59 Å². The normalized spacial score (nSPS) is 22.4. The third-order valence-electron chi connectivity index (χ3n) is 3.97. The van der Waals surface area contributed by atoms with Crippen LogP contribution in [-0.4, -0.2) is 49.1 Å². The van der Waals surface area contributed by atoms with Gasteiger partial charge in [-0.15, -0.1) is 0 Å². The van der Waals surface area contributed by atoms with Crippen molar-refractivity contribution in [2.75, 3.05) is 26.7 Å². The summed E-state index contributed by atoms with van der Waals surface area (Å²) in [5.41, 5.74) is -0.358. The summed E-state index contributed by atoms with van der Waals surface area (Å²) in [6, 6.07) is 0. The lowest BCUT2D eigenvalue weighted by Crippen LogP contribution is -2.52. The number of amides is 2. The SMILES string of the molecule is C=CC(=O)N(C)CC(=O)NCC1(C(C)(C)C)CCCO1. The van der Waals surface area contributed by atoms with Crippen molar-refractivity contribution < 1.29 is 14.3 Å². The molecule has 5 heteroatoms. The maximum atomic E-state index is 11.9. The van der Waals surface area contributed by atoms with Crippen molar-refractivity contribution in [2.45, 2.75) is 39.2 Å². The second-order valence-electron chi connectivity index (χ2n) is 6.37. The van der Waals surface area contributed by atoms with Crippen molar-refractivity contribution in [3.63, 3.8) is 0 Å². The highest BCUT2D eigenvalue weighted by molar-refractivity contribution is 5.90. The fourth-order valence-corrected chi connectivity index (χ4v) is 2.44. The Bertz CT molecular complexity index is 379. The number of carbonyl (C=O) groups excluding carboxylic acids is 2. The molecule has 0 bridgehead atoms. The van der Waals surface area contributed by atoms with Crippen molar-refractivity contribution in [2.24, 2.45) is 5.41 Å². The minimum atomic E-state index is -0.316. The Morgan fingerprint density at radius 1 is 1.45 bits per heavy atom. The van der Waals surface area contributed by atoms with Crippen LogP contribution in [-0.2, 0) is 14.3 Å². The molecular weight excluding hydrogens is 256 g/mol. The van der Waals surface area contributed by atoms with Crippen molar-refractivity contribution in [3.8, 4) is 0 Å². The van der Waals surface area contributed by atoms with E-state index >= 15 is 0 Å². The Morgan fingerprint density at radius 3 is 2.55 bits per heavy atom. The first-order valence-corrected chi connectivity index (χ1v) is 7.00. The fraction of sp³-hybridized carbons (Fsp3) is 0.733. The molecule has 0 aromatic heterocycles. The van der Waals surface area contributed by atoms with Gasteiger partial charge >= 0.3 is 0 Å². The van der Waals surface area contributed by atoms with Crippen LogP contribution in [0, 0.1) is 5.41 Å². The molecule has 0 aromatic rings. The summed E-state index contributed by atoms with van der Waals surface area (Å²) in [6.07, 6.45) is 3.16. The van der Waals surface area contributed by atoms with Crippen molar-refractivity contribution >= 4 is 11.8 Å². The van der Waals surface area contributed by atoms with Crippen LogP contribution >= 0.6 is 0 Å². The quantitative estimate of drug-likeness (QED) is 0.774. The lowest BCUT2D eigenvalue weighted by atomic mass is 9.74. The zero-order valence-corrected chi connectivity index (χ0v) is 13.0. The van der Waals surface area contributed by atoms with Gasteiger partial charge in [-0.2, -0.15) is 0 Å². The highest BCUT2D eigenvalue weighted by atomic mass is 16.5. The smallest absolute Gasteiger partial charge is 0.246 e. The average molecular weight is 282 g/mol. The summed E-state index contributed by atoms with van der Waals surface area (Å²) in [4.78, 5) is 24.6. The summed E-state index contributed by atoms with van der Waals surface area (Å²) in [5.74, 6) is -0.440. The van der Waals surface area contributed by atoms with E-state index in [1.54, 1.807) is 7.05 Å². The van der Waals surface area contributed by atoms with Gasteiger partial charge < -0.3 is 15.0 Å². The molecule has 1 rings (SSSR count). The van der Waals surface area contributed by atoms with Gasteiger partial charge in [0.25, 0.3) is 0 Å². The molecule has 2 amide bonds. The van der Waals surface area contributed by atoms with E-state index in [0.29, 0.717) is 6.54 Å². The van der Waals surface area contributed by atoms with E-state index in [2.05, 4.69) is 32.7 Å². The molecule has 5 nitrogen and oxygen atoms in total. The number of ether oxygens (including phenoxy) is 1. The first kappa shape index (κ1) is 16.7. The van der Waals surface area contributed by atoms with Crippen LogP contribution in [0.3, 0.4) is 0 Å². The highest BCUT2D eigenvalue weighted by Crippen LogP contribution is 2.40. The minimum Gasteiger partial charge on any atom is -0.373 e. The van der Waals surface area contributed by atoms with Crippen molar-refractivity contribution in [3.05, 3.63) is 12.7 Å². The van der Waals surface area contributed by atoms with Gasteiger partial charge in [0, 0.05) is 20.2 Å². The van der Waals surface area contributed by atoms with Crippen LogP contribution < -0.4 is 5.32 Å². The fourth-order valence-electron chi connectivity index (χ4n) is 2.44. The molecule has 1 N–H and O–H groups in total. The summed E-state index contributed by atoms with van der Waals surface area (Å²) < 4.78 is 5.92. The average Bonchev–Trinajstić information content (AvgIpc) is 2.84. The van der Waals surface area contributed by atoms with Crippen LogP contribution in [0.25, 0.3) is 0 Å². The summed E-state index contributed by atoms with van der Waals surface area (Å²) in [5, 5.41) is 2.89. The molecule has 1 atom stereocenters. The predicted octanol–water partition coefficient (Wildman–Crippen LogP) is 1.34. The van der Waals surface area contributed by atoms with Crippen molar-refractivity contribution in [1.29, 1.82) is 0 Å². The van der Waals surface area contributed by atoms with E-state index < -0.39 is 0 Å². The summed E-state index contributed by atoms with van der Waals surface area (Å²) >= 11 is 0. The number of carbonyl (C=O) groups is 2. The van der Waals surface area contributed by atoms with Gasteiger partial charge in [-0.25, -0.2) is 0 Å². The molecule has 0 saturated carbocycles. The molecule has 0 spiro atoms. The molecule has 0 radical (unpaired) electrons. The second-order valence-corrected chi connectivity index (χ2v) is 6.37. The van der Waals surface area contributed by atoms with Gasteiger partial charge in [-0.05, 0) is 24.3 Å². The highest BCUT2D eigenvalue weighted by Gasteiger charge is 2.45. The number of rotatable bonds is 5. The molecular formula is C15H26N2O3. The number of nitrogens with one attached hydrogen (secondary N) is 1. The molecule has 20 heavy (non-hydrogen) atoms. The zero-order chi connectivity index (χ0) is 15.4. The van der Waals surface area contributed by atoms with Gasteiger partial charge in [0.15, 0.2) is 0 Å². The van der Waals surface area contributed by atoms with E-state index in [0.717, 1.165) is 19.4 Å². The Labute approximate surface area is 121 Å². The van der Waals surface area contributed by atoms with Gasteiger partial charge in [0.1, 0.15) is 0 Å². The molecule has 1 aliphatic rings. The number of likely N-dealkylation sites (N-methyl/N-ethyl adjacent to an activating group) is 1. The third kappa shape index (κ3) is 3.82. The number of nitrogens with zero attached hydrogens (tertiary/aromatic N) is 1. The minimum absolute atomic E-state index is 0.0328. The summed E-state index contributed by atoms with van der Waals surface area (Å²) in [7, 11) is 1.58. The van der Waals surface area contributed by atoms with E-state index in [1.807, 2.05) is 0 Å². The largest absolute Gasteiger partial charge is 0.373 e. The predicted molar refractivity (Wildman–Crippen MR) is 78.2 cm³/mol. The molecule has 0 aromatic carbocycles. The Balaban J connectivity index is 2.54. The molecule has 0 aliphatic carbocycles. The van der Waals surface area contributed by atoms with Gasteiger partial charge in [-0.3, -0.25) is 9.59 Å². The Hall–Kier alpha value is -1.36. The monoisotopic (exact) mass is 282 g/mol. The first-order valence-electron chi connectivity index (χ1n) is 7.00. The maximum Gasteiger partial charge on any atom is 0.246 e. The van der Waals surface area contributed by atoms with Gasteiger partial charge in [0.05, 0.1) is 12.1 Å². The van der Waals surface area contributed by atoms with Crippen LogP contribution in [0.2, 0.25) is 0 Å². The van der Waals surface area contributed by atoms with E-state index in [-0.39, 0.29) is 29.4 Å². The zero-order valence-electron chi connectivity index (χ0n) is 13.0. The molecule has 114 valence electrons. The lowest BCUT2D eigenvalue weighted by molar-refractivity contribution is -0.132. The first-order chi connectivity index (χ1) is 9.22. The van der Waals surface area contributed by atoms with Crippen LogP contribution in [0.4, 0.5) is 0 Å².